The van der Waals surface area contributed by atoms with Crippen LogP contribution in [0.2, 0.25) is 5.02 Å². The van der Waals surface area contributed by atoms with Crippen LogP contribution in [0.1, 0.15) is 31.0 Å². The normalized spacial score (nSPS) is 12.0. The minimum Gasteiger partial charge on any atom is -0.333 e. The molecule has 2 aromatic rings. The first-order valence-electron chi connectivity index (χ1n) is 7.56. The smallest absolute Gasteiger partial charge is 0.279 e. The zero-order chi connectivity index (χ0) is 15.9. The average molecular weight is 318 g/mol. The molecule has 0 aliphatic heterocycles. The standard InChI is InChI=1S/C18H21ClN2O/c1-3-14-4-10-17(11-5-14)21-18(22)12-20-13(2)15-6-8-16(19)9-7-15/h4-11,13,20H,3,12H2,1-2H3,(H,21,22)/p+1/t13-/m0/s1. The molecule has 0 unspecified atom stereocenters. The van der Waals surface area contributed by atoms with Crippen molar-refractivity contribution >= 4 is 23.2 Å². The van der Waals surface area contributed by atoms with Gasteiger partial charge >= 0.3 is 0 Å². The van der Waals surface area contributed by atoms with Crippen LogP contribution in [0.15, 0.2) is 48.5 Å². The summed E-state index contributed by atoms with van der Waals surface area (Å²) in [4.78, 5) is 12.0. The van der Waals surface area contributed by atoms with Crippen LogP contribution in [-0.4, -0.2) is 12.5 Å². The molecule has 0 bridgehead atoms. The fourth-order valence-electron chi connectivity index (χ4n) is 2.22. The Morgan fingerprint density at radius 3 is 2.36 bits per heavy atom. The van der Waals surface area contributed by atoms with Crippen LogP contribution in [0.5, 0.6) is 0 Å². The molecule has 0 fully saturated rings. The van der Waals surface area contributed by atoms with E-state index in [0.29, 0.717) is 6.54 Å². The van der Waals surface area contributed by atoms with E-state index in [4.69, 9.17) is 11.6 Å². The lowest BCUT2D eigenvalue weighted by Crippen LogP contribution is -2.86. The van der Waals surface area contributed by atoms with Crippen molar-refractivity contribution in [3.8, 4) is 0 Å². The molecule has 2 aromatic carbocycles. The number of anilines is 1. The number of carbonyl (C=O) groups excluding carboxylic acids is 1. The highest BCUT2D eigenvalue weighted by molar-refractivity contribution is 6.30. The largest absolute Gasteiger partial charge is 0.333 e. The molecule has 0 spiro atoms. The third kappa shape index (κ3) is 4.86. The summed E-state index contributed by atoms with van der Waals surface area (Å²) in [6, 6.07) is 15.9. The second-order valence-electron chi connectivity index (χ2n) is 5.38. The topological polar surface area (TPSA) is 45.7 Å². The first-order chi connectivity index (χ1) is 10.6. The highest BCUT2D eigenvalue weighted by Gasteiger charge is 2.11. The molecular formula is C18H22ClN2O+. The molecule has 0 heterocycles. The maximum atomic E-state index is 12.0. The Bertz CT molecular complexity index is 608. The van der Waals surface area contributed by atoms with Gasteiger partial charge in [0.25, 0.3) is 5.91 Å². The van der Waals surface area contributed by atoms with Gasteiger partial charge in [-0.25, -0.2) is 0 Å². The lowest BCUT2D eigenvalue weighted by atomic mass is 10.1. The molecule has 3 N–H and O–H groups in total. The Labute approximate surface area is 136 Å². The zero-order valence-electron chi connectivity index (χ0n) is 13.0. The Balaban J connectivity index is 1.82. The number of benzene rings is 2. The molecule has 3 nitrogen and oxygen atoms in total. The Hall–Kier alpha value is -1.84. The summed E-state index contributed by atoms with van der Waals surface area (Å²) in [5.41, 5.74) is 3.26. The van der Waals surface area contributed by atoms with E-state index in [-0.39, 0.29) is 11.9 Å². The van der Waals surface area contributed by atoms with Crippen molar-refractivity contribution in [1.82, 2.24) is 0 Å². The second-order valence-corrected chi connectivity index (χ2v) is 5.82. The van der Waals surface area contributed by atoms with Gasteiger partial charge in [0.2, 0.25) is 0 Å². The third-order valence-electron chi connectivity index (χ3n) is 3.70. The second kappa shape index (κ2) is 7.97. The summed E-state index contributed by atoms with van der Waals surface area (Å²) in [5, 5.41) is 5.66. The number of carbonyl (C=O) groups is 1. The molecule has 0 aromatic heterocycles. The summed E-state index contributed by atoms with van der Waals surface area (Å²) < 4.78 is 0. The number of rotatable bonds is 6. The number of nitrogens with one attached hydrogen (secondary N) is 1. The Morgan fingerprint density at radius 1 is 1.14 bits per heavy atom. The molecule has 0 saturated heterocycles. The molecule has 0 radical (unpaired) electrons. The van der Waals surface area contributed by atoms with E-state index in [1.54, 1.807) is 0 Å². The van der Waals surface area contributed by atoms with Gasteiger partial charge in [-0.05, 0) is 43.2 Å². The van der Waals surface area contributed by atoms with Crippen molar-refractivity contribution in [2.24, 2.45) is 0 Å². The van der Waals surface area contributed by atoms with E-state index in [0.717, 1.165) is 22.7 Å². The van der Waals surface area contributed by atoms with E-state index in [9.17, 15) is 4.79 Å². The van der Waals surface area contributed by atoms with Crippen molar-refractivity contribution in [1.29, 1.82) is 0 Å². The molecule has 1 atom stereocenters. The van der Waals surface area contributed by atoms with Crippen molar-refractivity contribution in [2.45, 2.75) is 26.3 Å². The number of amides is 1. The van der Waals surface area contributed by atoms with Gasteiger partial charge in [0.05, 0.1) is 0 Å². The van der Waals surface area contributed by atoms with E-state index in [2.05, 4.69) is 19.2 Å². The van der Waals surface area contributed by atoms with E-state index in [1.165, 1.54) is 5.56 Å². The molecule has 22 heavy (non-hydrogen) atoms. The first-order valence-corrected chi connectivity index (χ1v) is 7.94. The van der Waals surface area contributed by atoms with Crippen LogP contribution in [0.3, 0.4) is 0 Å². The molecule has 0 aliphatic rings. The Morgan fingerprint density at radius 2 is 1.77 bits per heavy atom. The maximum Gasteiger partial charge on any atom is 0.279 e. The van der Waals surface area contributed by atoms with Gasteiger partial charge in [-0.2, -0.15) is 0 Å². The van der Waals surface area contributed by atoms with Crippen molar-refractivity contribution in [3.05, 3.63) is 64.7 Å². The fourth-order valence-corrected chi connectivity index (χ4v) is 2.35. The van der Waals surface area contributed by atoms with E-state index in [1.807, 2.05) is 53.8 Å². The number of halogens is 1. The average Bonchev–Trinajstić information content (AvgIpc) is 2.54. The van der Waals surface area contributed by atoms with Crippen LogP contribution in [0.25, 0.3) is 0 Å². The molecule has 1 amide bonds. The number of aryl methyl sites for hydroxylation is 1. The Kier molecular flexibility index (Phi) is 5.99. The molecule has 4 heteroatoms. The first kappa shape index (κ1) is 16.5. The predicted molar refractivity (Wildman–Crippen MR) is 91.1 cm³/mol. The zero-order valence-corrected chi connectivity index (χ0v) is 13.7. The summed E-state index contributed by atoms with van der Waals surface area (Å²) >= 11 is 5.88. The highest BCUT2D eigenvalue weighted by atomic mass is 35.5. The lowest BCUT2D eigenvalue weighted by Gasteiger charge is -2.11. The predicted octanol–water partition coefficient (Wildman–Crippen LogP) is 3.17. The van der Waals surface area contributed by atoms with Crippen molar-refractivity contribution < 1.29 is 10.1 Å². The SMILES string of the molecule is CCc1ccc(NC(=O)C[NH2+][C@@H](C)c2ccc(Cl)cc2)cc1. The third-order valence-corrected chi connectivity index (χ3v) is 3.95. The molecule has 0 aliphatic carbocycles. The van der Waals surface area contributed by atoms with Crippen molar-refractivity contribution in [3.63, 3.8) is 0 Å². The molecule has 116 valence electrons. The summed E-state index contributed by atoms with van der Waals surface area (Å²) in [6.45, 7) is 4.58. The quantitative estimate of drug-likeness (QED) is 0.844. The van der Waals surface area contributed by atoms with E-state index < -0.39 is 0 Å². The van der Waals surface area contributed by atoms with Gasteiger partial charge in [0, 0.05) is 16.3 Å². The van der Waals surface area contributed by atoms with Crippen molar-refractivity contribution in [2.75, 3.05) is 11.9 Å². The number of nitrogens with two attached hydrogens (primary N) is 1. The minimum atomic E-state index is 0.00469. The molecule has 0 saturated carbocycles. The summed E-state index contributed by atoms with van der Waals surface area (Å²) in [6.07, 6.45) is 1.00. The maximum absolute atomic E-state index is 12.0. The number of hydrogen-bond acceptors (Lipinski definition) is 1. The van der Waals surface area contributed by atoms with E-state index >= 15 is 0 Å². The van der Waals surface area contributed by atoms with Gasteiger partial charge in [-0.3, -0.25) is 4.79 Å². The van der Waals surface area contributed by atoms with Crippen LogP contribution < -0.4 is 10.6 Å². The molecule has 2 rings (SSSR count). The number of quaternary nitrogens is 1. The van der Waals surface area contributed by atoms with Crippen LogP contribution in [0, 0.1) is 0 Å². The van der Waals surface area contributed by atoms with Gasteiger partial charge in [0.1, 0.15) is 6.04 Å². The summed E-state index contributed by atoms with van der Waals surface area (Å²) in [7, 11) is 0. The summed E-state index contributed by atoms with van der Waals surface area (Å²) in [5.74, 6) is 0.00469. The van der Waals surface area contributed by atoms with Crippen LogP contribution in [0.4, 0.5) is 5.69 Å². The van der Waals surface area contributed by atoms with Gasteiger partial charge in [-0.1, -0.05) is 42.8 Å². The van der Waals surface area contributed by atoms with Gasteiger partial charge in [0.15, 0.2) is 6.54 Å². The highest BCUT2D eigenvalue weighted by Crippen LogP contribution is 2.13. The van der Waals surface area contributed by atoms with Gasteiger partial charge in [-0.15, -0.1) is 0 Å². The fraction of sp³-hybridized carbons (Fsp3) is 0.278. The van der Waals surface area contributed by atoms with Gasteiger partial charge < -0.3 is 10.6 Å². The van der Waals surface area contributed by atoms with Crippen LogP contribution in [-0.2, 0) is 11.2 Å². The molecular weight excluding hydrogens is 296 g/mol. The minimum absolute atomic E-state index is 0.00469. The lowest BCUT2D eigenvalue weighted by molar-refractivity contribution is -0.682. The monoisotopic (exact) mass is 317 g/mol. The van der Waals surface area contributed by atoms with Crippen LogP contribution >= 0.6 is 11.6 Å². The number of hydrogen-bond donors (Lipinski definition) is 2.